The van der Waals surface area contributed by atoms with Gasteiger partial charge in [-0.2, -0.15) is 5.10 Å². The molecule has 1 atom stereocenters. The number of nitrogens with one attached hydrogen (secondary N) is 1. The number of hydrogen-bond acceptors (Lipinski definition) is 3. The van der Waals surface area contributed by atoms with Crippen LogP contribution < -0.4 is 5.73 Å². The fourth-order valence-corrected chi connectivity index (χ4v) is 2.24. The quantitative estimate of drug-likeness (QED) is 0.752. The first-order chi connectivity index (χ1) is 6.77. The van der Waals surface area contributed by atoms with Crippen molar-refractivity contribution in [2.24, 2.45) is 17.6 Å². The molecule has 0 radical (unpaired) electrons. The van der Waals surface area contributed by atoms with Crippen molar-refractivity contribution in [1.29, 1.82) is 0 Å². The third kappa shape index (κ3) is 1.95. The Bertz CT molecular complexity index is 262. The zero-order valence-corrected chi connectivity index (χ0v) is 8.61. The van der Waals surface area contributed by atoms with Gasteiger partial charge in [0.15, 0.2) is 0 Å². The smallest absolute Gasteiger partial charge is 0.141 e. The molecule has 1 aromatic heterocycles. The molecule has 1 aliphatic carbocycles. The molecular weight excluding hydrogens is 176 g/mol. The van der Waals surface area contributed by atoms with Crippen LogP contribution in [-0.4, -0.2) is 15.2 Å². The Hall–Kier alpha value is -0.900. The molecule has 1 heterocycles. The molecule has 0 aliphatic heterocycles. The van der Waals surface area contributed by atoms with Crippen LogP contribution >= 0.6 is 0 Å². The van der Waals surface area contributed by atoms with Gasteiger partial charge < -0.3 is 5.73 Å². The predicted molar refractivity (Wildman–Crippen MR) is 54.4 cm³/mol. The van der Waals surface area contributed by atoms with E-state index in [1.165, 1.54) is 32.0 Å². The molecule has 14 heavy (non-hydrogen) atoms. The Morgan fingerprint density at radius 1 is 1.43 bits per heavy atom. The highest BCUT2D eigenvalue weighted by Crippen LogP contribution is 2.34. The first-order valence-corrected chi connectivity index (χ1v) is 5.38. The van der Waals surface area contributed by atoms with E-state index in [9.17, 15) is 0 Å². The highest BCUT2D eigenvalue weighted by Gasteiger charge is 2.25. The van der Waals surface area contributed by atoms with Gasteiger partial charge in [-0.15, -0.1) is 0 Å². The van der Waals surface area contributed by atoms with Crippen molar-refractivity contribution < 1.29 is 0 Å². The number of H-pyrrole nitrogens is 1. The maximum absolute atomic E-state index is 6.13. The van der Waals surface area contributed by atoms with Gasteiger partial charge in [-0.1, -0.05) is 19.8 Å². The molecule has 4 nitrogen and oxygen atoms in total. The molecule has 1 saturated carbocycles. The zero-order chi connectivity index (χ0) is 9.97. The normalized spacial score (nSPS) is 30.1. The third-order valence-electron chi connectivity index (χ3n) is 3.32. The molecule has 1 unspecified atom stereocenters. The van der Waals surface area contributed by atoms with Gasteiger partial charge in [0.1, 0.15) is 12.2 Å². The van der Waals surface area contributed by atoms with Crippen LogP contribution in [0.15, 0.2) is 6.33 Å². The number of aromatic nitrogens is 3. The minimum atomic E-state index is 0.0463. The van der Waals surface area contributed by atoms with Gasteiger partial charge >= 0.3 is 0 Å². The van der Waals surface area contributed by atoms with E-state index in [1.807, 2.05) is 0 Å². The van der Waals surface area contributed by atoms with Gasteiger partial charge in [0.2, 0.25) is 0 Å². The molecule has 0 aromatic carbocycles. The Labute approximate surface area is 84.3 Å². The van der Waals surface area contributed by atoms with Gasteiger partial charge in [0, 0.05) is 0 Å². The number of aromatic amines is 1. The molecule has 3 N–H and O–H groups in total. The van der Waals surface area contributed by atoms with Gasteiger partial charge in [0.25, 0.3) is 0 Å². The molecule has 0 amide bonds. The molecule has 78 valence electrons. The molecule has 0 spiro atoms. The number of nitrogens with zero attached hydrogens (tertiary/aromatic N) is 2. The summed E-state index contributed by atoms with van der Waals surface area (Å²) < 4.78 is 0. The average Bonchev–Trinajstić information content (AvgIpc) is 2.71. The van der Waals surface area contributed by atoms with E-state index < -0.39 is 0 Å². The summed E-state index contributed by atoms with van der Waals surface area (Å²) in [6, 6.07) is 0.0463. The van der Waals surface area contributed by atoms with E-state index in [-0.39, 0.29) is 6.04 Å². The lowest BCUT2D eigenvalue weighted by molar-refractivity contribution is 0.251. The van der Waals surface area contributed by atoms with Crippen LogP contribution in [0.2, 0.25) is 0 Å². The molecule has 0 bridgehead atoms. The SMILES string of the molecule is CC1CCC(C(N)c2ncn[nH]2)CC1. The van der Waals surface area contributed by atoms with Gasteiger partial charge in [-0.05, 0) is 24.7 Å². The van der Waals surface area contributed by atoms with Crippen molar-refractivity contribution in [3.05, 3.63) is 12.2 Å². The second kappa shape index (κ2) is 4.09. The summed E-state index contributed by atoms with van der Waals surface area (Å²) >= 11 is 0. The van der Waals surface area contributed by atoms with Crippen molar-refractivity contribution in [2.75, 3.05) is 0 Å². The third-order valence-corrected chi connectivity index (χ3v) is 3.32. The fraction of sp³-hybridized carbons (Fsp3) is 0.800. The van der Waals surface area contributed by atoms with E-state index in [1.54, 1.807) is 0 Å². The summed E-state index contributed by atoms with van der Waals surface area (Å²) in [5.74, 6) is 2.29. The summed E-state index contributed by atoms with van der Waals surface area (Å²) in [6.07, 6.45) is 6.58. The van der Waals surface area contributed by atoms with Crippen molar-refractivity contribution in [1.82, 2.24) is 15.2 Å². The van der Waals surface area contributed by atoms with Crippen molar-refractivity contribution in [2.45, 2.75) is 38.6 Å². The molecule has 4 heteroatoms. The topological polar surface area (TPSA) is 67.6 Å². The highest BCUT2D eigenvalue weighted by atomic mass is 15.2. The second-order valence-electron chi connectivity index (χ2n) is 4.42. The van der Waals surface area contributed by atoms with Crippen LogP contribution in [0.5, 0.6) is 0 Å². The van der Waals surface area contributed by atoms with E-state index in [0.29, 0.717) is 5.92 Å². The van der Waals surface area contributed by atoms with Gasteiger partial charge in [-0.25, -0.2) is 4.98 Å². The van der Waals surface area contributed by atoms with Crippen LogP contribution in [0.1, 0.15) is 44.5 Å². The Morgan fingerprint density at radius 3 is 2.71 bits per heavy atom. The Morgan fingerprint density at radius 2 is 2.14 bits per heavy atom. The van der Waals surface area contributed by atoms with Crippen molar-refractivity contribution in [3.63, 3.8) is 0 Å². The highest BCUT2D eigenvalue weighted by molar-refractivity contribution is 4.94. The number of hydrogen-bond donors (Lipinski definition) is 2. The molecule has 0 saturated heterocycles. The summed E-state index contributed by atoms with van der Waals surface area (Å²) in [7, 11) is 0. The van der Waals surface area contributed by atoms with E-state index in [0.717, 1.165) is 11.7 Å². The zero-order valence-electron chi connectivity index (χ0n) is 8.61. The molecular formula is C10H18N4. The lowest BCUT2D eigenvalue weighted by Crippen LogP contribution is -2.26. The lowest BCUT2D eigenvalue weighted by atomic mass is 9.79. The summed E-state index contributed by atoms with van der Waals surface area (Å²) in [5.41, 5.74) is 6.13. The standard InChI is InChI=1S/C10H18N4/c1-7-2-4-8(5-3-7)9(11)10-12-6-13-14-10/h6-9H,2-5,11H2,1H3,(H,12,13,14). The Balaban J connectivity index is 1.95. The first-order valence-electron chi connectivity index (χ1n) is 5.38. The predicted octanol–water partition coefficient (Wildman–Crippen LogP) is 1.63. The maximum Gasteiger partial charge on any atom is 0.141 e. The first kappa shape index (κ1) is 9.65. The largest absolute Gasteiger partial charge is 0.321 e. The second-order valence-corrected chi connectivity index (χ2v) is 4.42. The number of nitrogens with two attached hydrogens (primary N) is 1. The van der Waals surface area contributed by atoms with E-state index >= 15 is 0 Å². The minimum absolute atomic E-state index is 0.0463. The molecule has 2 rings (SSSR count). The number of rotatable bonds is 2. The maximum atomic E-state index is 6.13. The lowest BCUT2D eigenvalue weighted by Gasteiger charge is -2.29. The van der Waals surface area contributed by atoms with Crippen molar-refractivity contribution >= 4 is 0 Å². The van der Waals surface area contributed by atoms with Crippen LogP contribution in [0.4, 0.5) is 0 Å². The molecule has 1 aliphatic rings. The molecule has 1 aromatic rings. The van der Waals surface area contributed by atoms with Crippen LogP contribution in [0, 0.1) is 11.8 Å². The van der Waals surface area contributed by atoms with Gasteiger partial charge in [0.05, 0.1) is 6.04 Å². The van der Waals surface area contributed by atoms with E-state index in [2.05, 4.69) is 22.1 Å². The molecule has 1 fully saturated rings. The summed E-state index contributed by atoms with van der Waals surface area (Å²) in [6.45, 7) is 2.32. The van der Waals surface area contributed by atoms with Gasteiger partial charge in [-0.3, -0.25) is 5.10 Å². The van der Waals surface area contributed by atoms with Crippen molar-refractivity contribution in [3.8, 4) is 0 Å². The van der Waals surface area contributed by atoms with Crippen LogP contribution in [0.25, 0.3) is 0 Å². The minimum Gasteiger partial charge on any atom is -0.321 e. The van der Waals surface area contributed by atoms with E-state index in [4.69, 9.17) is 5.73 Å². The average molecular weight is 194 g/mol. The summed E-state index contributed by atoms with van der Waals surface area (Å²) in [4.78, 5) is 4.12. The van der Waals surface area contributed by atoms with Crippen LogP contribution in [0.3, 0.4) is 0 Å². The monoisotopic (exact) mass is 194 g/mol. The Kier molecular flexibility index (Phi) is 2.82. The van der Waals surface area contributed by atoms with Crippen LogP contribution in [-0.2, 0) is 0 Å². The fourth-order valence-electron chi connectivity index (χ4n) is 2.24. The summed E-state index contributed by atoms with van der Waals surface area (Å²) in [5, 5.41) is 6.70.